The van der Waals surface area contributed by atoms with Gasteiger partial charge in [0.2, 0.25) is 10.6 Å². The number of carbonyl (C=O) groups excluding carboxylic acids is 1. The topological polar surface area (TPSA) is 124 Å². The molecule has 2 aromatic heterocycles. The van der Waals surface area contributed by atoms with E-state index >= 15 is 0 Å². The van der Waals surface area contributed by atoms with Crippen molar-refractivity contribution < 1.29 is 14.6 Å². The van der Waals surface area contributed by atoms with Crippen LogP contribution in [0.1, 0.15) is 23.2 Å². The molecule has 1 aliphatic carbocycles. The summed E-state index contributed by atoms with van der Waals surface area (Å²) in [4.78, 5) is 10.6. The van der Waals surface area contributed by atoms with Crippen LogP contribution in [0.25, 0.3) is 11.5 Å². The maximum atomic E-state index is 10.6. The fraction of sp³-hybridized carbons (Fsp3) is 0.235. The standard InChI is InChI=1S/C17H16N6O3S/c24-14(25)9-26-13-7-2-1-4-10(13)8-18-23-16(21-22-17(23)27)15-11-5-3-6-12(11)19-20-15/h1-2,4,7-8H,3,5-6,9H2,(H,19,20)(H,22,27)(H,24,25)/p-1/b18-8-. The summed E-state index contributed by atoms with van der Waals surface area (Å²) in [5.74, 6) is -0.403. The minimum absolute atomic E-state index is 0.323. The monoisotopic (exact) mass is 383 g/mol. The molecule has 4 rings (SSSR count). The van der Waals surface area contributed by atoms with Crippen LogP contribution in [0.3, 0.4) is 0 Å². The third kappa shape index (κ3) is 3.38. The minimum atomic E-state index is -1.30. The first-order chi connectivity index (χ1) is 13.1. The number of aromatic nitrogens is 5. The van der Waals surface area contributed by atoms with Crippen molar-refractivity contribution in [1.29, 1.82) is 0 Å². The number of hydrogen-bond donors (Lipinski definition) is 2. The van der Waals surface area contributed by atoms with Gasteiger partial charge in [0, 0.05) is 16.8 Å². The number of carbonyl (C=O) groups is 1. The molecule has 0 aliphatic heterocycles. The summed E-state index contributed by atoms with van der Waals surface area (Å²) in [6.45, 7) is -0.541. The molecule has 0 radical (unpaired) electrons. The number of hydrogen-bond acceptors (Lipinski definition) is 7. The zero-order chi connectivity index (χ0) is 18.8. The van der Waals surface area contributed by atoms with Crippen LogP contribution in [0.4, 0.5) is 0 Å². The summed E-state index contributed by atoms with van der Waals surface area (Å²) in [6, 6.07) is 6.94. The number of ether oxygens (including phenoxy) is 1. The summed E-state index contributed by atoms with van der Waals surface area (Å²) < 4.78 is 7.04. The molecule has 2 N–H and O–H groups in total. The number of benzene rings is 1. The Hall–Kier alpha value is -3.27. The van der Waals surface area contributed by atoms with Gasteiger partial charge < -0.3 is 14.6 Å². The number of fused-ring (bicyclic) bond motifs is 1. The highest BCUT2D eigenvalue weighted by molar-refractivity contribution is 7.71. The highest BCUT2D eigenvalue weighted by Crippen LogP contribution is 2.29. The zero-order valence-corrected chi connectivity index (χ0v) is 15.0. The molecule has 10 heteroatoms. The third-order valence-electron chi connectivity index (χ3n) is 4.25. The molecule has 0 saturated carbocycles. The number of aromatic amines is 2. The molecule has 138 valence electrons. The molecular formula is C17H15N6O3S-. The Morgan fingerprint density at radius 2 is 2.19 bits per heavy atom. The Morgan fingerprint density at radius 1 is 1.33 bits per heavy atom. The van der Waals surface area contributed by atoms with Crippen molar-refractivity contribution in [3.8, 4) is 17.3 Å². The van der Waals surface area contributed by atoms with Gasteiger partial charge in [0.25, 0.3) is 0 Å². The molecule has 0 unspecified atom stereocenters. The lowest BCUT2D eigenvalue weighted by Gasteiger charge is -2.09. The van der Waals surface area contributed by atoms with Crippen LogP contribution in [0, 0.1) is 4.77 Å². The summed E-state index contributed by atoms with van der Waals surface area (Å²) in [6.07, 6.45) is 4.52. The summed E-state index contributed by atoms with van der Waals surface area (Å²) in [5.41, 5.74) is 3.59. The fourth-order valence-electron chi connectivity index (χ4n) is 3.03. The zero-order valence-electron chi connectivity index (χ0n) is 14.1. The van der Waals surface area contributed by atoms with Gasteiger partial charge in [-0.25, -0.2) is 5.10 Å². The van der Waals surface area contributed by atoms with E-state index in [1.54, 1.807) is 24.3 Å². The average Bonchev–Trinajstić information content (AvgIpc) is 3.35. The molecule has 3 aromatic rings. The summed E-state index contributed by atoms with van der Waals surface area (Å²) in [5, 5.41) is 29.4. The SMILES string of the molecule is O=C([O-])COc1ccccc1/C=N\n1c(-c2n[nH]c3c2CCC3)n[nH]c1=S. The van der Waals surface area contributed by atoms with Gasteiger partial charge in [-0.1, -0.05) is 12.1 Å². The Labute approximate surface area is 158 Å². The lowest BCUT2D eigenvalue weighted by atomic mass is 10.2. The van der Waals surface area contributed by atoms with E-state index in [0.717, 1.165) is 36.2 Å². The smallest absolute Gasteiger partial charge is 0.216 e. The fourth-order valence-corrected chi connectivity index (χ4v) is 3.21. The number of rotatable bonds is 6. The van der Waals surface area contributed by atoms with Crippen LogP contribution >= 0.6 is 12.2 Å². The van der Waals surface area contributed by atoms with E-state index < -0.39 is 12.6 Å². The predicted molar refractivity (Wildman–Crippen MR) is 97.0 cm³/mol. The third-order valence-corrected chi connectivity index (χ3v) is 4.51. The maximum absolute atomic E-state index is 10.6. The normalized spacial score (nSPS) is 13.2. The minimum Gasteiger partial charge on any atom is -0.546 e. The van der Waals surface area contributed by atoms with Gasteiger partial charge in [0.05, 0.1) is 12.2 Å². The van der Waals surface area contributed by atoms with Crippen LogP contribution in [0.2, 0.25) is 0 Å². The van der Waals surface area contributed by atoms with Crippen molar-refractivity contribution in [3.05, 3.63) is 45.9 Å². The van der Waals surface area contributed by atoms with Crippen molar-refractivity contribution in [3.63, 3.8) is 0 Å². The second-order valence-electron chi connectivity index (χ2n) is 5.99. The van der Waals surface area contributed by atoms with Crippen molar-refractivity contribution in [2.24, 2.45) is 5.10 Å². The average molecular weight is 383 g/mol. The highest BCUT2D eigenvalue weighted by atomic mass is 32.1. The van der Waals surface area contributed by atoms with Crippen LogP contribution in [-0.4, -0.2) is 43.9 Å². The highest BCUT2D eigenvalue weighted by Gasteiger charge is 2.23. The van der Waals surface area contributed by atoms with Crippen LogP contribution in [0.5, 0.6) is 5.75 Å². The van der Waals surface area contributed by atoms with E-state index in [1.807, 2.05) is 0 Å². The van der Waals surface area contributed by atoms with Crippen molar-refractivity contribution >= 4 is 24.4 Å². The first-order valence-electron chi connectivity index (χ1n) is 8.33. The Bertz CT molecular complexity index is 1080. The largest absolute Gasteiger partial charge is 0.546 e. The molecule has 0 spiro atoms. The molecule has 1 aliphatic rings. The molecule has 1 aromatic carbocycles. The maximum Gasteiger partial charge on any atom is 0.216 e. The molecule has 2 heterocycles. The van der Waals surface area contributed by atoms with E-state index in [1.165, 1.54) is 10.9 Å². The Kier molecular flexibility index (Phi) is 4.55. The van der Waals surface area contributed by atoms with Crippen molar-refractivity contribution in [2.45, 2.75) is 19.3 Å². The molecule has 0 atom stereocenters. The first kappa shape index (κ1) is 17.2. The van der Waals surface area contributed by atoms with Crippen molar-refractivity contribution in [1.82, 2.24) is 25.1 Å². The van der Waals surface area contributed by atoms with Gasteiger partial charge in [0.15, 0.2) is 0 Å². The number of carboxylic acids is 1. The summed E-state index contributed by atoms with van der Waals surface area (Å²) >= 11 is 5.28. The number of nitrogens with one attached hydrogen (secondary N) is 2. The number of H-pyrrole nitrogens is 2. The molecule has 0 saturated heterocycles. The number of aliphatic carboxylic acids is 1. The van der Waals surface area contributed by atoms with Gasteiger partial charge in [-0.2, -0.15) is 20.0 Å². The van der Waals surface area contributed by atoms with Gasteiger partial charge in [-0.15, -0.1) is 0 Å². The number of carboxylic acid groups (broad SMARTS) is 1. The second kappa shape index (κ2) is 7.16. The lowest BCUT2D eigenvalue weighted by Crippen LogP contribution is -2.29. The molecule has 0 fully saturated rings. The number of aryl methyl sites for hydroxylation is 1. The lowest BCUT2D eigenvalue weighted by molar-refractivity contribution is -0.307. The Balaban J connectivity index is 1.67. The van der Waals surface area contributed by atoms with Gasteiger partial charge in [0.1, 0.15) is 18.1 Å². The van der Waals surface area contributed by atoms with Gasteiger partial charge in [-0.3, -0.25) is 5.10 Å². The van der Waals surface area contributed by atoms with Crippen molar-refractivity contribution in [2.75, 3.05) is 6.61 Å². The van der Waals surface area contributed by atoms with E-state index in [9.17, 15) is 9.90 Å². The number of para-hydroxylation sites is 1. The molecule has 0 amide bonds. The van der Waals surface area contributed by atoms with E-state index in [-0.39, 0.29) is 0 Å². The second-order valence-corrected chi connectivity index (χ2v) is 6.38. The van der Waals surface area contributed by atoms with Gasteiger partial charge in [-0.05, 0) is 43.6 Å². The van der Waals surface area contributed by atoms with Crippen LogP contribution in [-0.2, 0) is 17.6 Å². The first-order valence-corrected chi connectivity index (χ1v) is 8.74. The van der Waals surface area contributed by atoms with Gasteiger partial charge >= 0.3 is 0 Å². The quantitative estimate of drug-likeness (QED) is 0.480. The van der Waals surface area contributed by atoms with E-state index in [0.29, 0.717) is 21.9 Å². The number of nitrogens with zero attached hydrogens (tertiary/aromatic N) is 4. The van der Waals surface area contributed by atoms with E-state index in [4.69, 9.17) is 17.0 Å². The Morgan fingerprint density at radius 3 is 3.04 bits per heavy atom. The van der Waals surface area contributed by atoms with Crippen LogP contribution in [0.15, 0.2) is 29.4 Å². The summed E-state index contributed by atoms with van der Waals surface area (Å²) in [7, 11) is 0. The predicted octanol–water partition coefficient (Wildman–Crippen LogP) is 0.830. The molecule has 27 heavy (non-hydrogen) atoms. The molecule has 9 nitrogen and oxygen atoms in total. The molecular weight excluding hydrogens is 368 g/mol. The van der Waals surface area contributed by atoms with Crippen LogP contribution < -0.4 is 9.84 Å². The molecule has 0 bridgehead atoms. The van der Waals surface area contributed by atoms with E-state index in [2.05, 4.69) is 25.5 Å².